The lowest BCUT2D eigenvalue weighted by Crippen LogP contribution is -2.28. The Labute approximate surface area is 108 Å². The van der Waals surface area contributed by atoms with Gasteiger partial charge in [-0.3, -0.25) is 0 Å². The average molecular weight is 247 g/mol. The van der Waals surface area contributed by atoms with Crippen molar-refractivity contribution in [3.8, 4) is 5.75 Å². The second-order valence-electron chi connectivity index (χ2n) is 6.05. The molecule has 1 saturated carbocycles. The van der Waals surface area contributed by atoms with Crippen LogP contribution in [0.4, 0.5) is 0 Å². The minimum Gasteiger partial charge on any atom is -0.487 e. The summed E-state index contributed by atoms with van der Waals surface area (Å²) in [6.45, 7) is 4.34. The van der Waals surface area contributed by atoms with Crippen LogP contribution in [0.5, 0.6) is 5.75 Å². The maximum absolute atomic E-state index is 9.60. The van der Waals surface area contributed by atoms with Crippen LogP contribution in [0.25, 0.3) is 0 Å². The largest absolute Gasteiger partial charge is 0.487 e. The summed E-state index contributed by atoms with van der Waals surface area (Å²) in [5, 5.41) is 13.1. The van der Waals surface area contributed by atoms with Gasteiger partial charge in [0.25, 0.3) is 0 Å². The predicted molar refractivity (Wildman–Crippen MR) is 70.8 cm³/mol. The Morgan fingerprint density at radius 2 is 2.22 bits per heavy atom. The Kier molecular flexibility index (Phi) is 2.83. The lowest BCUT2D eigenvalue weighted by molar-refractivity contribution is 0.134. The summed E-state index contributed by atoms with van der Waals surface area (Å²) in [5.74, 6) is 0.981. The van der Waals surface area contributed by atoms with Gasteiger partial charge < -0.3 is 15.2 Å². The van der Waals surface area contributed by atoms with E-state index in [0.717, 1.165) is 17.7 Å². The number of rotatable bonds is 4. The number of benzene rings is 1. The highest BCUT2D eigenvalue weighted by Crippen LogP contribution is 2.40. The van der Waals surface area contributed by atoms with Crippen LogP contribution < -0.4 is 10.1 Å². The van der Waals surface area contributed by atoms with Crippen LogP contribution in [-0.4, -0.2) is 23.4 Å². The highest BCUT2D eigenvalue weighted by atomic mass is 16.5. The fraction of sp³-hybridized carbons (Fsp3) is 0.600. The SMILES string of the molecule is CC1(C)Cc2cccc(C(CO)NC3CC3)c2O1. The van der Waals surface area contributed by atoms with Gasteiger partial charge in [-0.1, -0.05) is 18.2 Å². The van der Waals surface area contributed by atoms with Crippen molar-refractivity contribution in [2.45, 2.75) is 50.8 Å². The number of ether oxygens (including phenoxy) is 1. The van der Waals surface area contributed by atoms with E-state index in [2.05, 4.69) is 37.4 Å². The lowest BCUT2D eigenvalue weighted by atomic mass is 9.98. The zero-order valence-corrected chi connectivity index (χ0v) is 11.1. The second kappa shape index (κ2) is 4.25. The van der Waals surface area contributed by atoms with Gasteiger partial charge in [-0.05, 0) is 32.3 Å². The summed E-state index contributed by atoms with van der Waals surface area (Å²) in [6, 6.07) is 6.83. The van der Waals surface area contributed by atoms with Crippen LogP contribution >= 0.6 is 0 Å². The van der Waals surface area contributed by atoms with E-state index in [9.17, 15) is 5.11 Å². The standard InChI is InChI=1S/C15H21NO2/c1-15(2)8-10-4-3-5-12(14(10)18-15)13(9-17)16-11-6-7-11/h3-5,11,13,16-17H,6-9H2,1-2H3. The minimum atomic E-state index is -0.127. The Morgan fingerprint density at radius 3 is 2.89 bits per heavy atom. The van der Waals surface area contributed by atoms with E-state index in [0.29, 0.717) is 6.04 Å². The highest BCUT2D eigenvalue weighted by molar-refractivity contribution is 5.47. The van der Waals surface area contributed by atoms with Crippen molar-refractivity contribution in [1.29, 1.82) is 0 Å². The molecule has 1 fully saturated rings. The molecule has 3 rings (SSSR count). The van der Waals surface area contributed by atoms with E-state index in [-0.39, 0.29) is 18.2 Å². The molecule has 1 aromatic rings. The average Bonchev–Trinajstić information content (AvgIpc) is 3.06. The van der Waals surface area contributed by atoms with E-state index < -0.39 is 0 Å². The molecule has 1 atom stereocenters. The van der Waals surface area contributed by atoms with Gasteiger partial charge in [0.1, 0.15) is 11.4 Å². The van der Waals surface area contributed by atoms with Crippen molar-refractivity contribution in [2.75, 3.05) is 6.61 Å². The quantitative estimate of drug-likeness (QED) is 0.857. The zero-order valence-electron chi connectivity index (χ0n) is 11.1. The number of para-hydroxylation sites is 1. The van der Waals surface area contributed by atoms with Crippen molar-refractivity contribution in [1.82, 2.24) is 5.32 Å². The molecule has 2 N–H and O–H groups in total. The highest BCUT2D eigenvalue weighted by Gasteiger charge is 2.34. The number of aliphatic hydroxyl groups excluding tert-OH is 1. The van der Waals surface area contributed by atoms with Gasteiger partial charge in [0.2, 0.25) is 0 Å². The van der Waals surface area contributed by atoms with Crippen molar-refractivity contribution >= 4 is 0 Å². The van der Waals surface area contributed by atoms with Crippen LogP contribution in [-0.2, 0) is 6.42 Å². The zero-order chi connectivity index (χ0) is 12.8. The molecule has 0 amide bonds. The van der Waals surface area contributed by atoms with Crippen LogP contribution in [0, 0.1) is 0 Å². The van der Waals surface area contributed by atoms with E-state index >= 15 is 0 Å². The Morgan fingerprint density at radius 1 is 1.44 bits per heavy atom. The Hall–Kier alpha value is -1.06. The van der Waals surface area contributed by atoms with Gasteiger partial charge in [0.15, 0.2) is 0 Å². The molecular formula is C15H21NO2. The molecule has 98 valence electrons. The van der Waals surface area contributed by atoms with E-state index in [1.807, 2.05) is 0 Å². The fourth-order valence-electron chi connectivity index (χ4n) is 2.69. The summed E-state index contributed by atoms with van der Waals surface area (Å²) < 4.78 is 6.06. The third-order valence-electron chi connectivity index (χ3n) is 3.69. The second-order valence-corrected chi connectivity index (χ2v) is 6.05. The van der Waals surface area contributed by atoms with Crippen LogP contribution in [0.3, 0.4) is 0 Å². The third kappa shape index (κ3) is 2.25. The first-order valence-electron chi connectivity index (χ1n) is 6.77. The maximum atomic E-state index is 9.60. The molecule has 1 aliphatic carbocycles. The fourth-order valence-corrected chi connectivity index (χ4v) is 2.69. The molecule has 1 heterocycles. The van der Waals surface area contributed by atoms with E-state index in [4.69, 9.17) is 4.74 Å². The third-order valence-corrected chi connectivity index (χ3v) is 3.69. The molecular weight excluding hydrogens is 226 g/mol. The maximum Gasteiger partial charge on any atom is 0.128 e. The van der Waals surface area contributed by atoms with Gasteiger partial charge >= 0.3 is 0 Å². The van der Waals surface area contributed by atoms with Gasteiger partial charge in [0.05, 0.1) is 12.6 Å². The molecule has 0 spiro atoms. The normalized spacial score (nSPS) is 22.4. The molecule has 1 aliphatic heterocycles. The summed E-state index contributed by atoms with van der Waals surface area (Å²) in [5.41, 5.74) is 2.24. The molecule has 0 aromatic heterocycles. The predicted octanol–water partition coefficient (Wildman–Crippen LogP) is 2.19. The Bertz CT molecular complexity index is 452. The van der Waals surface area contributed by atoms with Crippen LogP contribution in [0.2, 0.25) is 0 Å². The van der Waals surface area contributed by atoms with Crippen molar-refractivity contribution in [3.05, 3.63) is 29.3 Å². The first-order chi connectivity index (χ1) is 8.59. The van der Waals surface area contributed by atoms with Crippen molar-refractivity contribution < 1.29 is 9.84 Å². The smallest absolute Gasteiger partial charge is 0.128 e. The number of nitrogens with one attached hydrogen (secondary N) is 1. The molecule has 18 heavy (non-hydrogen) atoms. The van der Waals surface area contributed by atoms with E-state index in [1.54, 1.807) is 0 Å². The van der Waals surface area contributed by atoms with Crippen molar-refractivity contribution in [2.24, 2.45) is 0 Å². The number of fused-ring (bicyclic) bond motifs is 1. The van der Waals surface area contributed by atoms with Gasteiger partial charge in [0, 0.05) is 18.0 Å². The molecule has 2 aliphatic rings. The molecule has 3 nitrogen and oxygen atoms in total. The van der Waals surface area contributed by atoms with Crippen molar-refractivity contribution in [3.63, 3.8) is 0 Å². The molecule has 0 bridgehead atoms. The number of hydrogen-bond donors (Lipinski definition) is 2. The summed E-state index contributed by atoms with van der Waals surface area (Å²) in [6.07, 6.45) is 3.38. The first-order valence-corrected chi connectivity index (χ1v) is 6.77. The topological polar surface area (TPSA) is 41.5 Å². The summed E-state index contributed by atoms with van der Waals surface area (Å²) in [4.78, 5) is 0. The first kappa shape index (κ1) is 12.0. The molecule has 1 aromatic carbocycles. The van der Waals surface area contributed by atoms with E-state index in [1.165, 1.54) is 18.4 Å². The lowest BCUT2D eigenvalue weighted by Gasteiger charge is -2.22. The molecule has 0 saturated heterocycles. The van der Waals surface area contributed by atoms with Gasteiger partial charge in [-0.25, -0.2) is 0 Å². The monoisotopic (exact) mass is 247 g/mol. The summed E-state index contributed by atoms with van der Waals surface area (Å²) >= 11 is 0. The number of aliphatic hydroxyl groups is 1. The molecule has 0 radical (unpaired) electrons. The number of hydrogen-bond acceptors (Lipinski definition) is 3. The minimum absolute atomic E-state index is 0.00125. The summed E-state index contributed by atoms with van der Waals surface area (Å²) in [7, 11) is 0. The molecule has 3 heteroatoms. The van der Waals surface area contributed by atoms with Crippen LogP contribution in [0.15, 0.2) is 18.2 Å². The molecule has 1 unspecified atom stereocenters. The van der Waals surface area contributed by atoms with Gasteiger partial charge in [-0.2, -0.15) is 0 Å². The van der Waals surface area contributed by atoms with Crippen LogP contribution in [0.1, 0.15) is 43.9 Å². The van der Waals surface area contributed by atoms with Gasteiger partial charge in [-0.15, -0.1) is 0 Å². The Balaban J connectivity index is 1.90.